The summed E-state index contributed by atoms with van der Waals surface area (Å²) in [4.78, 5) is 14.2. The number of hydrogen-bond donors (Lipinski definition) is 1. The van der Waals surface area contributed by atoms with Gasteiger partial charge in [0.1, 0.15) is 5.76 Å². The Hall–Kier alpha value is -2.21. The molecule has 2 aromatic rings. The number of likely N-dealkylation sites (tertiary alicyclic amines) is 1. The predicted molar refractivity (Wildman–Crippen MR) is 115 cm³/mol. The molecule has 168 valence electrons. The lowest BCUT2D eigenvalue weighted by Gasteiger charge is -2.26. The van der Waals surface area contributed by atoms with E-state index in [0.29, 0.717) is 11.3 Å². The number of sulfonamides is 2. The maximum atomic E-state index is 13.0. The van der Waals surface area contributed by atoms with E-state index in [4.69, 9.17) is 4.42 Å². The molecule has 3 heterocycles. The smallest absolute Gasteiger partial charge is 0.242 e. The van der Waals surface area contributed by atoms with Gasteiger partial charge in [-0.2, -0.15) is 0 Å². The SMILES string of the molecule is Cc1cc(N2C(=O)CCS2(=O)=O)ccc1S(=O)(=O)NCC(c1ccco1)N1CCCC1. The Morgan fingerprint density at radius 2 is 1.94 bits per heavy atom. The van der Waals surface area contributed by atoms with Crippen LogP contribution in [0.5, 0.6) is 0 Å². The van der Waals surface area contributed by atoms with Crippen molar-refractivity contribution in [1.29, 1.82) is 0 Å². The van der Waals surface area contributed by atoms with Crippen LogP contribution in [-0.2, 0) is 24.8 Å². The molecule has 2 saturated heterocycles. The third-order valence-corrected chi connectivity index (χ3v) is 8.96. The van der Waals surface area contributed by atoms with Crippen LogP contribution in [0.3, 0.4) is 0 Å². The van der Waals surface area contributed by atoms with Crippen LogP contribution in [0.15, 0.2) is 45.9 Å². The fourth-order valence-electron chi connectivity index (χ4n) is 4.14. The van der Waals surface area contributed by atoms with E-state index in [1.165, 1.54) is 18.2 Å². The minimum Gasteiger partial charge on any atom is -0.468 e. The first kappa shape index (κ1) is 22.0. The van der Waals surface area contributed by atoms with Gasteiger partial charge in [0.15, 0.2) is 0 Å². The Morgan fingerprint density at radius 1 is 1.19 bits per heavy atom. The van der Waals surface area contributed by atoms with Gasteiger partial charge in [0, 0.05) is 13.0 Å². The summed E-state index contributed by atoms with van der Waals surface area (Å²) in [6.07, 6.45) is 3.61. The third-order valence-electron chi connectivity index (χ3n) is 5.68. The zero-order valence-corrected chi connectivity index (χ0v) is 18.8. The minimum absolute atomic E-state index is 0.0416. The molecule has 1 unspecified atom stereocenters. The number of benzene rings is 1. The maximum absolute atomic E-state index is 13.0. The molecule has 0 spiro atoms. The average molecular weight is 468 g/mol. The van der Waals surface area contributed by atoms with Crippen molar-refractivity contribution >= 4 is 31.6 Å². The zero-order valence-electron chi connectivity index (χ0n) is 17.2. The molecule has 1 aromatic carbocycles. The Bertz CT molecular complexity index is 1170. The summed E-state index contributed by atoms with van der Waals surface area (Å²) in [5.74, 6) is -0.0496. The molecular formula is C20H25N3O6S2. The summed E-state index contributed by atoms with van der Waals surface area (Å²) in [7, 11) is -7.57. The second-order valence-corrected chi connectivity index (χ2v) is 11.5. The average Bonchev–Trinajstić information content (AvgIpc) is 3.45. The molecule has 0 aliphatic carbocycles. The molecule has 2 aliphatic rings. The molecule has 0 saturated carbocycles. The standard InChI is InChI=1S/C20H25N3O6S2/c1-15-13-16(23-20(24)8-12-30(23,25)26)6-7-19(15)31(27,28)21-14-17(18-5-4-11-29-18)22-9-2-3-10-22/h4-7,11,13,17,21H,2-3,8-10,12,14H2,1H3. The van der Waals surface area contributed by atoms with Crippen LogP contribution in [0.1, 0.15) is 36.6 Å². The highest BCUT2D eigenvalue weighted by Gasteiger charge is 2.36. The number of hydrogen-bond acceptors (Lipinski definition) is 7. The lowest BCUT2D eigenvalue weighted by Crippen LogP contribution is -2.36. The van der Waals surface area contributed by atoms with Gasteiger partial charge in [0.05, 0.1) is 28.6 Å². The molecule has 0 radical (unpaired) electrons. The zero-order chi connectivity index (χ0) is 22.2. The topological polar surface area (TPSA) is 117 Å². The molecule has 1 aromatic heterocycles. The van der Waals surface area contributed by atoms with Crippen LogP contribution in [0, 0.1) is 6.92 Å². The van der Waals surface area contributed by atoms with Gasteiger partial charge in [-0.05, 0) is 68.8 Å². The first-order valence-corrected chi connectivity index (χ1v) is 13.2. The fourth-order valence-corrected chi connectivity index (χ4v) is 6.85. The van der Waals surface area contributed by atoms with Crippen molar-refractivity contribution in [3.63, 3.8) is 0 Å². The van der Waals surface area contributed by atoms with Crippen LogP contribution in [0.25, 0.3) is 0 Å². The second-order valence-electron chi connectivity index (χ2n) is 7.80. The van der Waals surface area contributed by atoms with Crippen LogP contribution < -0.4 is 9.03 Å². The molecule has 11 heteroatoms. The fraction of sp³-hybridized carbons (Fsp3) is 0.450. The van der Waals surface area contributed by atoms with E-state index in [2.05, 4.69) is 9.62 Å². The van der Waals surface area contributed by atoms with Crippen molar-refractivity contribution in [3.05, 3.63) is 47.9 Å². The van der Waals surface area contributed by atoms with Gasteiger partial charge in [0.25, 0.3) is 0 Å². The number of aryl methyl sites for hydroxylation is 1. The van der Waals surface area contributed by atoms with Gasteiger partial charge >= 0.3 is 0 Å². The summed E-state index contributed by atoms with van der Waals surface area (Å²) >= 11 is 0. The first-order chi connectivity index (χ1) is 14.7. The van der Waals surface area contributed by atoms with Gasteiger partial charge in [-0.1, -0.05) is 0 Å². The highest BCUT2D eigenvalue weighted by molar-refractivity contribution is 7.94. The van der Waals surface area contributed by atoms with Crippen LogP contribution in [0.4, 0.5) is 5.69 Å². The van der Waals surface area contributed by atoms with Gasteiger partial charge in [-0.3, -0.25) is 9.69 Å². The number of furan rings is 1. The molecule has 2 fully saturated rings. The van der Waals surface area contributed by atoms with Crippen molar-refractivity contribution in [3.8, 4) is 0 Å². The first-order valence-electron chi connectivity index (χ1n) is 10.1. The maximum Gasteiger partial charge on any atom is 0.242 e. The van der Waals surface area contributed by atoms with Gasteiger partial charge in [-0.25, -0.2) is 25.9 Å². The van der Waals surface area contributed by atoms with E-state index >= 15 is 0 Å². The van der Waals surface area contributed by atoms with Crippen molar-refractivity contribution in [2.24, 2.45) is 0 Å². The highest BCUT2D eigenvalue weighted by Crippen LogP contribution is 2.29. The van der Waals surface area contributed by atoms with E-state index < -0.39 is 26.0 Å². The Balaban J connectivity index is 1.55. The Labute approximate surface area is 182 Å². The van der Waals surface area contributed by atoms with Crippen molar-refractivity contribution in [2.75, 3.05) is 29.7 Å². The van der Waals surface area contributed by atoms with E-state index in [1.807, 2.05) is 6.07 Å². The van der Waals surface area contributed by atoms with Crippen molar-refractivity contribution < 1.29 is 26.0 Å². The van der Waals surface area contributed by atoms with Gasteiger partial charge < -0.3 is 4.42 Å². The molecule has 4 rings (SSSR count). The summed E-state index contributed by atoms with van der Waals surface area (Å²) < 4.78 is 59.3. The quantitative estimate of drug-likeness (QED) is 0.659. The van der Waals surface area contributed by atoms with E-state index in [1.54, 1.807) is 19.3 Å². The number of amides is 1. The molecule has 1 atom stereocenters. The Morgan fingerprint density at radius 3 is 2.52 bits per heavy atom. The number of carbonyl (C=O) groups is 1. The number of carbonyl (C=O) groups excluding carboxylic acids is 1. The molecule has 2 aliphatic heterocycles. The summed E-state index contributed by atoms with van der Waals surface area (Å²) in [5, 5.41) is 0. The highest BCUT2D eigenvalue weighted by atomic mass is 32.2. The largest absolute Gasteiger partial charge is 0.468 e. The van der Waals surface area contributed by atoms with Gasteiger partial charge in [0.2, 0.25) is 26.0 Å². The van der Waals surface area contributed by atoms with E-state index in [-0.39, 0.29) is 35.3 Å². The molecular weight excluding hydrogens is 442 g/mol. The van der Waals surface area contributed by atoms with Crippen molar-refractivity contribution in [1.82, 2.24) is 9.62 Å². The predicted octanol–water partition coefficient (Wildman–Crippen LogP) is 1.77. The summed E-state index contributed by atoms with van der Waals surface area (Å²) in [5.41, 5.74) is 0.514. The molecule has 1 N–H and O–H groups in total. The van der Waals surface area contributed by atoms with E-state index in [9.17, 15) is 21.6 Å². The minimum atomic E-state index is -3.86. The number of anilines is 1. The number of rotatable bonds is 7. The lowest BCUT2D eigenvalue weighted by atomic mass is 10.2. The van der Waals surface area contributed by atoms with Crippen LogP contribution in [-0.4, -0.2) is 53.0 Å². The monoisotopic (exact) mass is 467 g/mol. The number of nitrogens with one attached hydrogen (secondary N) is 1. The van der Waals surface area contributed by atoms with E-state index in [0.717, 1.165) is 30.2 Å². The summed E-state index contributed by atoms with van der Waals surface area (Å²) in [6.45, 7) is 3.48. The van der Waals surface area contributed by atoms with Gasteiger partial charge in [-0.15, -0.1) is 0 Å². The second kappa shape index (κ2) is 8.38. The van der Waals surface area contributed by atoms with Crippen LogP contribution in [0.2, 0.25) is 0 Å². The summed E-state index contributed by atoms with van der Waals surface area (Å²) in [6, 6.07) is 7.52. The normalized spacial score (nSPS) is 20.4. The Kier molecular flexibility index (Phi) is 5.95. The van der Waals surface area contributed by atoms with Crippen LogP contribution >= 0.6 is 0 Å². The molecule has 0 bridgehead atoms. The van der Waals surface area contributed by atoms with Crippen molar-refractivity contribution in [2.45, 2.75) is 37.1 Å². The number of nitrogens with zero attached hydrogens (tertiary/aromatic N) is 2. The molecule has 31 heavy (non-hydrogen) atoms. The third kappa shape index (κ3) is 4.40. The lowest BCUT2D eigenvalue weighted by molar-refractivity contribution is -0.116. The molecule has 9 nitrogen and oxygen atoms in total. The molecule has 1 amide bonds.